The van der Waals surface area contributed by atoms with Crippen molar-refractivity contribution in [1.29, 1.82) is 0 Å². The molecule has 1 amide bonds. The predicted octanol–water partition coefficient (Wildman–Crippen LogP) is 3.99. The Bertz CT molecular complexity index is 884. The van der Waals surface area contributed by atoms with Crippen LogP contribution < -0.4 is 5.32 Å². The van der Waals surface area contributed by atoms with Crippen molar-refractivity contribution in [3.8, 4) is 0 Å². The number of anilines is 1. The van der Waals surface area contributed by atoms with Gasteiger partial charge in [0, 0.05) is 25.2 Å². The maximum absolute atomic E-state index is 12.7. The molecule has 3 rings (SSSR count). The van der Waals surface area contributed by atoms with Crippen molar-refractivity contribution in [2.75, 3.05) is 18.4 Å². The summed E-state index contributed by atoms with van der Waals surface area (Å²) in [6.45, 7) is 3.30. The topological polar surface area (TPSA) is 66.5 Å². The lowest BCUT2D eigenvalue weighted by molar-refractivity contribution is -0.116. The van der Waals surface area contributed by atoms with E-state index in [-0.39, 0.29) is 5.91 Å². The number of carbonyl (C=O) groups excluding carboxylic acids is 1. The summed E-state index contributed by atoms with van der Waals surface area (Å²) in [6, 6.07) is 14.8. The molecule has 6 heteroatoms. The number of nitrogens with one attached hydrogen (secondary N) is 1. The Hall–Kier alpha value is -2.18. The first-order valence-electron chi connectivity index (χ1n) is 9.97. The zero-order chi connectivity index (χ0) is 20.0. The molecular weight excluding hydrogens is 372 g/mol. The minimum absolute atomic E-state index is 0.0470. The van der Waals surface area contributed by atoms with Crippen molar-refractivity contribution in [1.82, 2.24) is 4.31 Å². The molecular formula is C22H28N2O3S. The molecule has 0 bridgehead atoms. The molecule has 0 atom stereocenters. The van der Waals surface area contributed by atoms with Crippen LogP contribution in [0.4, 0.5) is 5.69 Å². The van der Waals surface area contributed by atoms with E-state index in [1.165, 1.54) is 5.56 Å². The largest absolute Gasteiger partial charge is 0.326 e. The van der Waals surface area contributed by atoms with Crippen LogP contribution in [0.3, 0.4) is 0 Å². The number of rotatable bonds is 7. The minimum atomic E-state index is -3.40. The van der Waals surface area contributed by atoms with Crippen LogP contribution in [0.15, 0.2) is 53.4 Å². The van der Waals surface area contributed by atoms with Gasteiger partial charge in [0.1, 0.15) is 0 Å². The summed E-state index contributed by atoms with van der Waals surface area (Å²) in [4.78, 5) is 12.5. The lowest BCUT2D eigenvalue weighted by Crippen LogP contribution is -2.35. The van der Waals surface area contributed by atoms with Crippen molar-refractivity contribution in [2.24, 2.45) is 0 Å². The lowest BCUT2D eigenvalue weighted by Gasteiger charge is -2.25. The van der Waals surface area contributed by atoms with E-state index in [0.29, 0.717) is 30.8 Å². The van der Waals surface area contributed by atoms with Gasteiger partial charge >= 0.3 is 0 Å². The summed E-state index contributed by atoms with van der Waals surface area (Å²) < 4.78 is 26.9. The van der Waals surface area contributed by atoms with Gasteiger partial charge in [-0.15, -0.1) is 0 Å². The van der Waals surface area contributed by atoms with Gasteiger partial charge in [0.2, 0.25) is 15.9 Å². The molecule has 1 saturated heterocycles. The Morgan fingerprint density at radius 2 is 1.54 bits per heavy atom. The van der Waals surface area contributed by atoms with Crippen molar-refractivity contribution in [2.45, 2.75) is 50.3 Å². The molecule has 1 N–H and O–H groups in total. The highest BCUT2D eigenvalue weighted by atomic mass is 32.2. The minimum Gasteiger partial charge on any atom is -0.326 e. The average Bonchev–Trinajstić information content (AvgIpc) is 2.74. The molecule has 0 unspecified atom stereocenters. The molecule has 5 nitrogen and oxygen atoms in total. The molecule has 1 aliphatic heterocycles. The van der Waals surface area contributed by atoms with E-state index < -0.39 is 10.0 Å². The van der Waals surface area contributed by atoms with Gasteiger partial charge in [-0.3, -0.25) is 4.79 Å². The van der Waals surface area contributed by atoms with Crippen molar-refractivity contribution in [3.63, 3.8) is 0 Å². The zero-order valence-corrected chi connectivity index (χ0v) is 17.2. The van der Waals surface area contributed by atoms with Gasteiger partial charge < -0.3 is 5.32 Å². The quantitative estimate of drug-likeness (QED) is 0.764. The molecule has 0 radical (unpaired) electrons. The van der Waals surface area contributed by atoms with Crippen molar-refractivity contribution >= 4 is 21.6 Å². The smallest absolute Gasteiger partial charge is 0.243 e. The fourth-order valence-corrected chi connectivity index (χ4v) is 4.90. The van der Waals surface area contributed by atoms with Crippen molar-refractivity contribution in [3.05, 3.63) is 59.7 Å². The van der Waals surface area contributed by atoms with Gasteiger partial charge in [0.05, 0.1) is 4.90 Å². The van der Waals surface area contributed by atoms with E-state index in [1.54, 1.807) is 28.6 Å². The molecule has 0 aromatic heterocycles. The van der Waals surface area contributed by atoms with Crippen LogP contribution in [0.1, 0.15) is 43.7 Å². The van der Waals surface area contributed by atoms with E-state index in [1.807, 2.05) is 24.3 Å². The Morgan fingerprint density at radius 3 is 2.14 bits per heavy atom. The van der Waals surface area contributed by atoms with E-state index in [2.05, 4.69) is 12.2 Å². The number of hydrogen-bond donors (Lipinski definition) is 1. The highest BCUT2D eigenvalue weighted by molar-refractivity contribution is 7.89. The Balaban J connectivity index is 1.54. The van der Waals surface area contributed by atoms with Crippen LogP contribution in [-0.2, 0) is 27.7 Å². The summed E-state index contributed by atoms with van der Waals surface area (Å²) in [7, 11) is -3.40. The maximum Gasteiger partial charge on any atom is 0.243 e. The molecule has 1 heterocycles. The molecule has 0 saturated carbocycles. The molecule has 2 aromatic rings. The summed E-state index contributed by atoms with van der Waals surface area (Å²) in [6.07, 6.45) is 4.84. The summed E-state index contributed by atoms with van der Waals surface area (Å²) in [5.74, 6) is -0.0470. The highest BCUT2D eigenvalue weighted by Crippen LogP contribution is 2.21. The summed E-state index contributed by atoms with van der Waals surface area (Å²) in [5, 5.41) is 2.90. The first kappa shape index (κ1) is 20.6. The molecule has 1 fully saturated rings. The molecule has 0 spiro atoms. The van der Waals surface area contributed by atoms with E-state index in [4.69, 9.17) is 0 Å². The first-order chi connectivity index (χ1) is 13.5. The standard InChI is InChI=1S/C22H28N2O3S/c1-2-18-6-11-20(12-7-18)23-22(25)15-10-19-8-13-21(14-9-19)28(26,27)24-16-4-3-5-17-24/h6-9,11-14H,2-5,10,15-17H2,1H3,(H,23,25). The van der Waals surface area contributed by atoms with Gasteiger partial charge in [-0.25, -0.2) is 8.42 Å². The van der Waals surface area contributed by atoms with Crippen LogP contribution in [0.25, 0.3) is 0 Å². The number of aryl methyl sites for hydroxylation is 2. The van der Waals surface area contributed by atoms with Crippen LogP contribution >= 0.6 is 0 Å². The normalized spacial score (nSPS) is 15.3. The van der Waals surface area contributed by atoms with Crippen LogP contribution in [-0.4, -0.2) is 31.7 Å². The third-order valence-electron chi connectivity index (χ3n) is 5.16. The average molecular weight is 401 g/mol. The summed E-state index contributed by atoms with van der Waals surface area (Å²) >= 11 is 0. The Labute approximate surface area is 167 Å². The number of nitrogens with zero attached hydrogens (tertiary/aromatic N) is 1. The SMILES string of the molecule is CCc1ccc(NC(=O)CCc2ccc(S(=O)(=O)N3CCCCC3)cc2)cc1. The van der Waals surface area contributed by atoms with Gasteiger partial charge in [-0.05, 0) is 61.1 Å². The monoisotopic (exact) mass is 400 g/mol. The lowest BCUT2D eigenvalue weighted by atomic mass is 10.1. The molecule has 2 aromatic carbocycles. The second-order valence-electron chi connectivity index (χ2n) is 7.21. The Morgan fingerprint density at radius 1 is 0.929 bits per heavy atom. The molecule has 150 valence electrons. The van der Waals surface area contributed by atoms with Gasteiger partial charge in [-0.2, -0.15) is 4.31 Å². The molecule has 28 heavy (non-hydrogen) atoms. The fourth-order valence-electron chi connectivity index (χ4n) is 3.39. The number of amides is 1. The van der Waals surface area contributed by atoms with Crippen molar-refractivity contribution < 1.29 is 13.2 Å². The summed E-state index contributed by atoms with van der Waals surface area (Å²) in [5.41, 5.74) is 2.98. The van der Waals surface area contributed by atoms with Gasteiger partial charge in [0.15, 0.2) is 0 Å². The van der Waals surface area contributed by atoms with E-state index in [9.17, 15) is 13.2 Å². The third-order valence-corrected chi connectivity index (χ3v) is 7.08. The first-order valence-corrected chi connectivity index (χ1v) is 11.4. The van der Waals surface area contributed by atoms with Crippen LogP contribution in [0.2, 0.25) is 0 Å². The second-order valence-corrected chi connectivity index (χ2v) is 9.15. The highest BCUT2D eigenvalue weighted by Gasteiger charge is 2.25. The van der Waals surface area contributed by atoms with Crippen LogP contribution in [0.5, 0.6) is 0 Å². The maximum atomic E-state index is 12.7. The predicted molar refractivity (Wildman–Crippen MR) is 112 cm³/mol. The second kappa shape index (κ2) is 9.34. The van der Waals surface area contributed by atoms with E-state index >= 15 is 0 Å². The van der Waals surface area contributed by atoms with Crippen LogP contribution in [0, 0.1) is 0 Å². The fraction of sp³-hybridized carbons (Fsp3) is 0.409. The number of benzene rings is 2. The van der Waals surface area contributed by atoms with Gasteiger partial charge in [-0.1, -0.05) is 37.6 Å². The number of hydrogen-bond acceptors (Lipinski definition) is 3. The Kier molecular flexibility index (Phi) is 6.86. The molecule has 0 aliphatic carbocycles. The third kappa shape index (κ3) is 5.20. The van der Waals surface area contributed by atoms with Gasteiger partial charge in [0.25, 0.3) is 0 Å². The number of sulfonamides is 1. The zero-order valence-electron chi connectivity index (χ0n) is 16.4. The number of piperidine rings is 1. The molecule has 1 aliphatic rings. The van der Waals surface area contributed by atoms with E-state index in [0.717, 1.165) is 36.9 Å². The number of carbonyl (C=O) groups is 1.